The lowest BCUT2D eigenvalue weighted by Gasteiger charge is -2.42. The molecule has 0 rings (SSSR count). The summed E-state index contributed by atoms with van der Waals surface area (Å²) in [4.78, 5) is 0. The third kappa shape index (κ3) is 33.0. The number of rotatable bonds is 41. The van der Waals surface area contributed by atoms with E-state index in [1.54, 1.807) is 0 Å². The van der Waals surface area contributed by atoms with Gasteiger partial charge in [0, 0.05) is 50.6 Å². The van der Waals surface area contributed by atoms with Crippen molar-refractivity contribution in [2.24, 2.45) is 0 Å². The first kappa shape index (κ1) is 68.9. The van der Waals surface area contributed by atoms with E-state index in [1.807, 2.05) is 0 Å². The van der Waals surface area contributed by atoms with Crippen molar-refractivity contribution in [1.82, 2.24) is 0 Å². The van der Waals surface area contributed by atoms with Crippen LogP contribution in [-0.4, -0.2) is 169 Å². The zero-order valence-corrected chi connectivity index (χ0v) is 64.5. The van der Waals surface area contributed by atoms with Crippen molar-refractivity contribution in [3.8, 4) is 0 Å². The van der Waals surface area contributed by atoms with Gasteiger partial charge in [-0.1, -0.05) is 0 Å². The van der Waals surface area contributed by atoms with Gasteiger partial charge in [0.25, 0.3) is 0 Å². The Balaban J connectivity index is 5.58. The molecule has 0 aromatic rings. The van der Waals surface area contributed by atoms with Gasteiger partial charge in [-0.05, 0) is 182 Å². The van der Waals surface area contributed by atoms with Crippen molar-refractivity contribution in [1.29, 1.82) is 0 Å². The van der Waals surface area contributed by atoms with Crippen molar-refractivity contribution < 1.29 is 58.9 Å². The minimum absolute atomic E-state index is 0.643. The van der Waals surface area contributed by atoms with Gasteiger partial charge in [0.2, 0.25) is 0 Å². The number of hydrogen-bond acceptors (Lipinski definition) is 14. The van der Waals surface area contributed by atoms with E-state index in [4.69, 9.17) is 58.9 Å². The second kappa shape index (κ2) is 33.8. The monoisotopic (exact) mass is 1210 g/mol. The van der Waals surface area contributed by atoms with Gasteiger partial charge < -0.3 is 58.9 Å². The van der Waals surface area contributed by atoms with Crippen LogP contribution in [0.5, 0.6) is 0 Å². The van der Waals surface area contributed by atoms with Crippen LogP contribution >= 0.6 is 0 Å². The lowest BCUT2D eigenvalue weighted by atomic mass is 10.5. The summed E-state index contributed by atoms with van der Waals surface area (Å²) in [6, 6.07) is 4.62. The van der Waals surface area contributed by atoms with Crippen LogP contribution in [0.15, 0.2) is 0 Å². The van der Waals surface area contributed by atoms with E-state index >= 15 is 0 Å². The Labute approximate surface area is 430 Å². The van der Waals surface area contributed by atoms with E-state index in [2.05, 4.69) is 157 Å². The third-order valence-electron chi connectivity index (χ3n) is 8.98. The van der Waals surface area contributed by atoms with Crippen LogP contribution < -0.4 is 0 Å². The highest BCUT2D eigenvalue weighted by Crippen LogP contribution is 2.34. The summed E-state index contributed by atoms with van der Waals surface area (Å²) in [7, 11) is -31.0. The number of ether oxygens (including phenoxy) is 2. The molecule has 0 bridgehead atoms. The van der Waals surface area contributed by atoms with E-state index in [9.17, 15) is 0 Å². The molecule has 0 unspecified atom stereocenters. The third-order valence-corrected chi connectivity index (χ3v) is 56.5. The summed E-state index contributed by atoms with van der Waals surface area (Å²) in [5.41, 5.74) is 0. The van der Waals surface area contributed by atoms with Crippen LogP contribution in [0.4, 0.5) is 0 Å². The molecule has 66 heavy (non-hydrogen) atoms. The average molecular weight is 1210 g/mol. The van der Waals surface area contributed by atoms with Crippen molar-refractivity contribution in [2.45, 2.75) is 206 Å². The fraction of sp³-hybridized carbons (Fsp3) is 1.00. The minimum atomic E-state index is -3.06. The fourth-order valence-electron chi connectivity index (χ4n) is 7.54. The first-order valence-electron chi connectivity index (χ1n) is 25.5. The summed E-state index contributed by atoms with van der Waals surface area (Å²) < 4.78 is 95.3. The topological polar surface area (TPSA) is 129 Å². The standard InChI is InChI=1S/C36H106O14Si16/c1-51(2)39-63(40-52(3)4,41-53(5)6)33-35-65(45-57(13)14,46-58(15)16)49-61(21,22)31-26-29-37-27-25-28-38-30-32-62(23,24)50-66(47-59(17)18,48-60(19)20)36-34-64(42-54(7)8,43-55(9)10)44-56(11)12/h51-60H,25-36H2,1-24H3. The van der Waals surface area contributed by atoms with Gasteiger partial charge in [-0.25, -0.2) is 0 Å². The van der Waals surface area contributed by atoms with Crippen LogP contribution in [0.1, 0.15) is 12.8 Å². The first-order chi connectivity index (χ1) is 30.2. The summed E-state index contributed by atoms with van der Waals surface area (Å²) in [5.74, 6) is 0. The van der Waals surface area contributed by atoms with Gasteiger partial charge in [-0.15, -0.1) is 0 Å². The molecule has 0 amide bonds. The molecule has 0 aliphatic rings. The zero-order chi connectivity index (χ0) is 51.2. The summed E-state index contributed by atoms with van der Waals surface area (Å²) in [6.45, 7) is 56.2. The molecular weight excluding hydrogens is 1110 g/mol. The summed E-state index contributed by atoms with van der Waals surface area (Å²) in [6.07, 6.45) is 1.78. The maximum absolute atomic E-state index is 7.28. The highest BCUT2D eigenvalue weighted by atomic mass is 28.5. The highest BCUT2D eigenvalue weighted by Gasteiger charge is 2.54. The predicted octanol–water partition coefficient (Wildman–Crippen LogP) is 8.00. The molecule has 14 nitrogen and oxygen atoms in total. The van der Waals surface area contributed by atoms with Crippen LogP contribution in [0, 0.1) is 0 Å². The van der Waals surface area contributed by atoms with Gasteiger partial charge in [0.1, 0.15) is 0 Å². The van der Waals surface area contributed by atoms with Crippen LogP contribution in [-0.2, 0) is 58.9 Å². The molecule has 0 radical (unpaired) electrons. The molecule has 0 spiro atoms. The molecule has 0 heterocycles. The Hall–Kier alpha value is 2.91. The molecule has 398 valence electrons. The van der Waals surface area contributed by atoms with Crippen LogP contribution in [0.25, 0.3) is 0 Å². The van der Waals surface area contributed by atoms with E-state index in [0.29, 0.717) is 50.6 Å². The minimum Gasteiger partial charge on any atom is -0.420 e. The average Bonchev–Trinajstić information content (AvgIpc) is 3.07. The number of hydrogen-bond donors (Lipinski definition) is 0. The van der Waals surface area contributed by atoms with Gasteiger partial charge in [-0.3, -0.25) is 0 Å². The van der Waals surface area contributed by atoms with E-state index in [0.717, 1.165) is 24.9 Å². The normalized spacial score (nSPS) is 14.3. The van der Waals surface area contributed by atoms with Gasteiger partial charge in [0.05, 0.1) is 0 Å². The molecule has 0 N–H and O–H groups in total. The molecule has 0 saturated heterocycles. The Morgan fingerprint density at radius 3 is 0.727 bits per heavy atom. The zero-order valence-electron chi connectivity index (χ0n) is 47.0. The molecular formula is C36H106O14Si16. The van der Waals surface area contributed by atoms with Crippen molar-refractivity contribution in [3.63, 3.8) is 0 Å². The smallest absolute Gasteiger partial charge is 0.420 e. The van der Waals surface area contributed by atoms with E-state index < -0.39 is 142 Å². The maximum Gasteiger partial charge on any atom is 0.469 e. The highest BCUT2D eigenvalue weighted by molar-refractivity contribution is 6.88. The molecule has 0 aromatic heterocycles. The van der Waals surface area contributed by atoms with Crippen molar-refractivity contribution >= 4 is 142 Å². The maximum atomic E-state index is 7.28. The van der Waals surface area contributed by atoms with Crippen molar-refractivity contribution in [3.05, 3.63) is 0 Å². The van der Waals surface area contributed by atoms with Gasteiger partial charge in [0.15, 0.2) is 107 Å². The summed E-state index contributed by atoms with van der Waals surface area (Å²) in [5, 5.41) is 0. The molecule has 0 aromatic carbocycles. The second-order valence-corrected chi connectivity index (χ2v) is 69.1. The van der Waals surface area contributed by atoms with Gasteiger partial charge >= 0.3 is 35.2 Å². The van der Waals surface area contributed by atoms with E-state index in [1.165, 1.54) is 0 Å². The Kier molecular flexibility index (Phi) is 35.2. The lowest BCUT2D eigenvalue weighted by Crippen LogP contribution is -2.59. The molecule has 0 aliphatic heterocycles. The van der Waals surface area contributed by atoms with Gasteiger partial charge in [-0.2, -0.15) is 0 Å². The molecule has 0 atom stereocenters. The molecule has 0 saturated carbocycles. The fourth-order valence-corrected chi connectivity index (χ4v) is 64.2. The predicted molar refractivity (Wildman–Crippen MR) is 319 cm³/mol. The molecule has 0 aliphatic carbocycles. The Morgan fingerprint density at radius 2 is 0.455 bits per heavy atom. The van der Waals surface area contributed by atoms with Crippen LogP contribution in [0.2, 0.25) is 193 Å². The van der Waals surface area contributed by atoms with Crippen LogP contribution in [0.3, 0.4) is 0 Å². The Morgan fingerprint density at radius 1 is 0.242 bits per heavy atom. The molecule has 0 fully saturated rings. The second-order valence-electron chi connectivity index (χ2n) is 21.6. The first-order valence-corrected chi connectivity index (χ1v) is 67.3. The summed E-state index contributed by atoms with van der Waals surface area (Å²) >= 11 is 0. The SMILES string of the molecule is C[SiH](C)O[Si](CC[Si](O[SiH](C)C)(O[SiH](C)C)O[Si](C)(C)CCCOCCCOCC[Si](C)(C)O[Si](CC[Si](O[SiH](C)C)(O[SiH](C)C)O[SiH](C)C)(O[SiH](C)C)O[SiH](C)C)(O[SiH](C)C)O[SiH](C)C. The molecule has 30 heteroatoms. The quantitative estimate of drug-likeness (QED) is 0.0433. The largest absolute Gasteiger partial charge is 0.469 e. The van der Waals surface area contributed by atoms with E-state index in [-0.39, 0.29) is 0 Å². The van der Waals surface area contributed by atoms with Crippen molar-refractivity contribution in [2.75, 3.05) is 26.4 Å². The Bertz CT molecular complexity index is 1090. The lowest BCUT2D eigenvalue weighted by molar-refractivity contribution is 0.0868.